The number of hydrogen-bond acceptors (Lipinski definition) is 4. The first-order chi connectivity index (χ1) is 13.9. The minimum absolute atomic E-state index is 0.0485. The van der Waals surface area contributed by atoms with Crippen molar-refractivity contribution in [2.75, 3.05) is 18.9 Å². The molecule has 1 aliphatic heterocycles. The van der Waals surface area contributed by atoms with Crippen molar-refractivity contribution in [1.82, 2.24) is 19.5 Å². The predicted octanol–water partition coefficient (Wildman–Crippen LogP) is 5.00. The number of halogens is 2. The molecule has 0 aliphatic carbocycles. The van der Waals surface area contributed by atoms with Crippen LogP contribution in [0, 0.1) is 12.8 Å². The van der Waals surface area contributed by atoms with Gasteiger partial charge in [-0.05, 0) is 43.9 Å². The van der Waals surface area contributed by atoms with Gasteiger partial charge in [-0.25, -0.2) is 9.50 Å². The van der Waals surface area contributed by atoms with Gasteiger partial charge < -0.3 is 10.2 Å². The molecule has 0 bridgehead atoms. The van der Waals surface area contributed by atoms with Crippen LogP contribution in [0.3, 0.4) is 0 Å². The maximum atomic E-state index is 13.5. The summed E-state index contributed by atoms with van der Waals surface area (Å²) in [5.41, 5.74) is 3.69. The Hall–Kier alpha value is -2.31. The summed E-state index contributed by atoms with van der Waals surface area (Å²) >= 11 is 12.4. The Labute approximate surface area is 179 Å². The van der Waals surface area contributed by atoms with Gasteiger partial charge in [0.1, 0.15) is 5.15 Å². The van der Waals surface area contributed by atoms with Gasteiger partial charge in [0.05, 0.1) is 17.3 Å². The van der Waals surface area contributed by atoms with Crippen molar-refractivity contribution in [2.45, 2.75) is 32.7 Å². The summed E-state index contributed by atoms with van der Waals surface area (Å²) in [6, 6.07) is 7.13. The van der Waals surface area contributed by atoms with Crippen molar-refractivity contribution in [3.63, 3.8) is 0 Å². The molecular weight excluding hydrogens is 409 g/mol. The molecule has 1 saturated heterocycles. The van der Waals surface area contributed by atoms with Gasteiger partial charge in [0.2, 0.25) is 0 Å². The van der Waals surface area contributed by atoms with E-state index < -0.39 is 0 Å². The lowest BCUT2D eigenvalue weighted by molar-refractivity contribution is 0.0538. The lowest BCUT2D eigenvalue weighted by atomic mass is 9.91. The highest BCUT2D eigenvalue weighted by molar-refractivity contribution is 6.31. The van der Waals surface area contributed by atoms with Crippen LogP contribution < -0.4 is 5.32 Å². The number of benzene rings is 1. The third kappa shape index (κ3) is 3.79. The molecule has 1 aliphatic rings. The highest BCUT2D eigenvalue weighted by Crippen LogP contribution is 2.35. The number of likely N-dealkylation sites (tertiary alicyclic amines) is 1. The molecule has 1 amide bonds. The van der Waals surface area contributed by atoms with E-state index in [4.69, 9.17) is 28.3 Å². The van der Waals surface area contributed by atoms with Crippen LogP contribution in [0.5, 0.6) is 0 Å². The van der Waals surface area contributed by atoms with E-state index in [0.29, 0.717) is 33.8 Å². The van der Waals surface area contributed by atoms with E-state index in [1.165, 1.54) is 0 Å². The maximum Gasteiger partial charge on any atom is 0.256 e. The largest absolute Gasteiger partial charge is 0.387 e. The first kappa shape index (κ1) is 20.0. The Morgan fingerprint density at radius 2 is 2.03 bits per heavy atom. The van der Waals surface area contributed by atoms with Gasteiger partial charge in [-0.3, -0.25) is 4.79 Å². The Morgan fingerprint density at radius 3 is 2.79 bits per heavy atom. The fraction of sp³-hybridized carbons (Fsp3) is 0.381. The molecule has 2 atom stereocenters. The maximum absolute atomic E-state index is 13.5. The first-order valence-electron chi connectivity index (χ1n) is 9.68. The van der Waals surface area contributed by atoms with Gasteiger partial charge in [0, 0.05) is 42.1 Å². The Kier molecular flexibility index (Phi) is 5.40. The van der Waals surface area contributed by atoms with E-state index in [1.807, 2.05) is 30.2 Å². The predicted molar refractivity (Wildman–Crippen MR) is 116 cm³/mol. The molecule has 152 valence electrons. The van der Waals surface area contributed by atoms with Crippen molar-refractivity contribution in [3.05, 3.63) is 57.5 Å². The number of carbonyl (C=O) groups is 1. The summed E-state index contributed by atoms with van der Waals surface area (Å²) in [6.45, 7) is 4.73. The lowest BCUT2D eigenvalue weighted by Gasteiger charge is -2.38. The summed E-state index contributed by atoms with van der Waals surface area (Å²) in [6.07, 6.45) is 3.74. The second-order valence-electron chi connectivity index (χ2n) is 7.68. The number of amides is 1. The molecule has 1 fully saturated rings. The number of nitrogens with one attached hydrogen (secondary N) is 1. The Bertz CT molecular complexity index is 1040. The number of rotatable bonds is 3. The molecule has 3 heterocycles. The molecule has 0 radical (unpaired) electrons. The summed E-state index contributed by atoms with van der Waals surface area (Å²) in [5, 5.41) is 8.80. The molecule has 2 aromatic heterocycles. The average Bonchev–Trinajstić information content (AvgIpc) is 3.10. The lowest BCUT2D eigenvalue weighted by Crippen LogP contribution is -2.42. The highest BCUT2D eigenvalue weighted by atomic mass is 35.5. The average molecular weight is 432 g/mol. The summed E-state index contributed by atoms with van der Waals surface area (Å²) in [7, 11) is 1.80. The van der Waals surface area contributed by atoms with Crippen molar-refractivity contribution >= 4 is 40.4 Å². The molecule has 0 saturated carbocycles. The van der Waals surface area contributed by atoms with Crippen LogP contribution in [0.4, 0.5) is 5.69 Å². The quantitative estimate of drug-likeness (QED) is 0.592. The summed E-state index contributed by atoms with van der Waals surface area (Å²) < 4.78 is 1.73. The standard InChI is InChI=1S/C21H23Cl2N5O/c1-12-4-7-18(17-9-19-25-20(23)13(2)11-28(19)26-17)27(10-12)21(29)15-8-14(22)5-6-16(15)24-3/h5-6,8-9,11-12,18,24H,4,7,10H2,1-3H3/t12-,18-/m0/s1. The molecule has 8 heteroatoms. The van der Waals surface area contributed by atoms with E-state index in [-0.39, 0.29) is 11.9 Å². The monoisotopic (exact) mass is 431 g/mol. The van der Waals surface area contributed by atoms with Crippen LogP contribution in [0.1, 0.15) is 47.4 Å². The van der Waals surface area contributed by atoms with E-state index in [1.54, 1.807) is 23.7 Å². The van der Waals surface area contributed by atoms with Gasteiger partial charge in [-0.15, -0.1) is 0 Å². The minimum atomic E-state index is -0.122. The zero-order valence-corrected chi connectivity index (χ0v) is 18.1. The molecular formula is C21H23Cl2N5O. The number of aromatic nitrogens is 3. The molecule has 1 N–H and O–H groups in total. The zero-order chi connectivity index (χ0) is 20.7. The smallest absolute Gasteiger partial charge is 0.256 e. The van der Waals surface area contributed by atoms with E-state index in [2.05, 4.69) is 17.2 Å². The third-order valence-corrected chi connectivity index (χ3v) is 6.11. The zero-order valence-electron chi connectivity index (χ0n) is 16.6. The van der Waals surface area contributed by atoms with Gasteiger partial charge in [0.25, 0.3) is 5.91 Å². The van der Waals surface area contributed by atoms with Gasteiger partial charge in [-0.2, -0.15) is 5.10 Å². The van der Waals surface area contributed by atoms with Crippen molar-refractivity contribution < 1.29 is 4.79 Å². The number of anilines is 1. The highest BCUT2D eigenvalue weighted by Gasteiger charge is 2.34. The first-order valence-corrected chi connectivity index (χ1v) is 10.4. The van der Waals surface area contributed by atoms with Gasteiger partial charge in [0.15, 0.2) is 5.65 Å². The fourth-order valence-electron chi connectivity index (χ4n) is 3.92. The van der Waals surface area contributed by atoms with Crippen LogP contribution in [0.25, 0.3) is 5.65 Å². The van der Waals surface area contributed by atoms with Gasteiger partial charge >= 0.3 is 0 Å². The molecule has 6 nitrogen and oxygen atoms in total. The number of carbonyl (C=O) groups excluding carboxylic acids is 1. The normalized spacial score (nSPS) is 19.6. The Balaban J connectivity index is 1.74. The van der Waals surface area contributed by atoms with Crippen LogP contribution in [0.2, 0.25) is 10.2 Å². The van der Waals surface area contributed by atoms with Crippen molar-refractivity contribution in [2.24, 2.45) is 5.92 Å². The Morgan fingerprint density at radius 1 is 1.24 bits per heavy atom. The molecule has 0 spiro atoms. The van der Waals surface area contributed by atoms with Crippen LogP contribution >= 0.6 is 23.2 Å². The molecule has 29 heavy (non-hydrogen) atoms. The van der Waals surface area contributed by atoms with Gasteiger partial charge in [-0.1, -0.05) is 30.1 Å². The topological polar surface area (TPSA) is 62.5 Å². The number of hydrogen-bond donors (Lipinski definition) is 1. The van der Waals surface area contributed by atoms with E-state index >= 15 is 0 Å². The van der Waals surface area contributed by atoms with Crippen LogP contribution in [-0.4, -0.2) is 39.0 Å². The molecule has 0 unspecified atom stereocenters. The molecule has 1 aromatic carbocycles. The third-order valence-electron chi connectivity index (χ3n) is 5.49. The fourth-order valence-corrected chi connectivity index (χ4v) is 4.23. The van der Waals surface area contributed by atoms with Crippen molar-refractivity contribution in [3.8, 4) is 0 Å². The molecule has 4 rings (SSSR count). The second-order valence-corrected chi connectivity index (χ2v) is 8.48. The SMILES string of the molecule is CNc1ccc(Cl)cc1C(=O)N1C[C@@H](C)CC[C@H]1c1cc2nc(Cl)c(C)cn2n1. The second kappa shape index (κ2) is 7.84. The van der Waals surface area contributed by atoms with E-state index in [9.17, 15) is 4.79 Å². The minimum Gasteiger partial charge on any atom is -0.387 e. The number of aryl methyl sites for hydroxylation is 1. The molecule has 3 aromatic rings. The number of piperidine rings is 1. The van der Waals surface area contributed by atoms with Crippen LogP contribution in [-0.2, 0) is 0 Å². The number of nitrogens with zero attached hydrogens (tertiary/aromatic N) is 4. The summed E-state index contributed by atoms with van der Waals surface area (Å²) in [5.74, 6) is 0.367. The van der Waals surface area contributed by atoms with Crippen LogP contribution in [0.15, 0.2) is 30.5 Å². The van der Waals surface area contributed by atoms with Crippen molar-refractivity contribution in [1.29, 1.82) is 0 Å². The van der Waals surface area contributed by atoms with E-state index in [0.717, 1.165) is 29.8 Å². The number of fused-ring (bicyclic) bond motifs is 1. The summed E-state index contributed by atoms with van der Waals surface area (Å²) in [4.78, 5) is 19.9.